The van der Waals surface area contributed by atoms with Gasteiger partial charge in [-0.2, -0.15) is 16.8 Å². The van der Waals surface area contributed by atoms with Gasteiger partial charge in [0.15, 0.2) is 0 Å². The van der Waals surface area contributed by atoms with Gasteiger partial charge in [-0.05, 0) is 70.0 Å². The van der Waals surface area contributed by atoms with Crippen LogP contribution in [0.2, 0.25) is 0 Å². The van der Waals surface area contributed by atoms with E-state index in [1.54, 1.807) is 20.8 Å². The topological polar surface area (TPSA) is 355 Å². The molecule has 2 atom stereocenters. The fourth-order valence-corrected chi connectivity index (χ4v) is 10.1. The van der Waals surface area contributed by atoms with E-state index in [1.807, 2.05) is 36.4 Å². The van der Waals surface area contributed by atoms with Crippen LogP contribution in [0.3, 0.4) is 0 Å². The lowest BCUT2D eigenvalue weighted by atomic mass is 10.1. The van der Waals surface area contributed by atoms with Gasteiger partial charge in [-0.3, -0.25) is 18.7 Å². The molecule has 3 amide bonds. The van der Waals surface area contributed by atoms with Gasteiger partial charge in [0.25, 0.3) is 20.2 Å². The second-order valence-corrected chi connectivity index (χ2v) is 22.3. The molecule has 11 N–H and O–H groups in total. The molecule has 2 aliphatic heterocycles. The first-order valence-electron chi connectivity index (χ1n) is 24.3. The number of imidazole rings is 2. The number of rotatable bonds is 15. The first-order valence-corrected chi connectivity index (χ1v) is 27.5. The van der Waals surface area contributed by atoms with Crippen molar-refractivity contribution < 1.29 is 45.1 Å². The summed E-state index contributed by atoms with van der Waals surface area (Å²) in [6.45, 7) is 12.6. The normalized spacial score (nSPS) is 15.7. The van der Waals surface area contributed by atoms with Crippen LogP contribution in [-0.4, -0.2) is 165 Å². The number of benzene rings is 2. The van der Waals surface area contributed by atoms with Gasteiger partial charge >= 0.3 is 6.09 Å². The Kier molecular flexibility index (Phi) is 16.5. The van der Waals surface area contributed by atoms with Crippen LogP contribution in [0, 0.1) is 0 Å². The Morgan fingerprint density at radius 1 is 0.685 bits per heavy atom. The maximum absolute atomic E-state index is 13.2. The van der Waals surface area contributed by atoms with E-state index in [2.05, 4.69) is 48.9 Å². The van der Waals surface area contributed by atoms with Crippen molar-refractivity contribution in [2.45, 2.75) is 90.8 Å². The number of H-pyrrole nitrogens is 2. The van der Waals surface area contributed by atoms with Crippen molar-refractivity contribution in [3.8, 4) is 0 Å². The molecule has 0 bridgehead atoms. The number of carbonyl (C=O) groups excluding carboxylic acids is 3. The summed E-state index contributed by atoms with van der Waals surface area (Å²) in [5.74, 6) is -0.242. The van der Waals surface area contributed by atoms with Crippen molar-refractivity contribution in [2.24, 2.45) is 5.73 Å². The highest BCUT2D eigenvalue weighted by atomic mass is 32.2. The monoisotopic (exact) mass is 1050 g/mol. The van der Waals surface area contributed by atoms with E-state index >= 15 is 0 Å². The summed E-state index contributed by atoms with van der Waals surface area (Å²) >= 11 is 0. The van der Waals surface area contributed by atoms with Crippen LogP contribution in [0.1, 0.15) is 72.0 Å². The number of nitrogen functional groups attached to an aromatic ring is 2. The number of nitrogens with zero attached hydrogens (tertiary/aromatic N) is 8. The summed E-state index contributed by atoms with van der Waals surface area (Å²) in [4.78, 5) is 70.3. The fourth-order valence-electron chi connectivity index (χ4n) is 8.88. The van der Waals surface area contributed by atoms with Crippen LogP contribution < -0.4 is 32.3 Å². The molecular weight excluding hydrogens is 985 g/mol. The Bertz CT molecular complexity index is 3220. The number of aromatic amines is 2. The smallest absolute Gasteiger partial charge is 0.408 e. The first kappa shape index (κ1) is 54.2. The average molecular weight is 1050 g/mol. The predicted molar refractivity (Wildman–Crippen MR) is 280 cm³/mol. The van der Waals surface area contributed by atoms with Gasteiger partial charge < -0.3 is 56.8 Å². The van der Waals surface area contributed by atoms with E-state index in [9.17, 15) is 35.8 Å². The van der Waals surface area contributed by atoms with Crippen LogP contribution in [0.4, 0.5) is 27.8 Å². The number of nitrogens with two attached hydrogens (primary N) is 3. The SMILES string of the molecule is CCCCc1nc2c([nH]1)c(N)nc1ccc(N3CCN(C(=O)[C@@H](N)CS(=O)(=O)O)CC3)cc12.CCCCc1nc2c([nH]1)c(N)nc1ccc(N3CCN(C(=O)[C@H](CS(=O)(=O)O)NC(=O)OC(C)(C)C)CC3)cc12. The van der Waals surface area contributed by atoms with Crippen molar-refractivity contribution in [1.29, 1.82) is 0 Å². The third kappa shape index (κ3) is 13.7. The number of amides is 3. The van der Waals surface area contributed by atoms with Crippen LogP contribution >= 0.6 is 0 Å². The van der Waals surface area contributed by atoms with Gasteiger partial charge in [-0.15, -0.1) is 0 Å². The number of aromatic nitrogens is 6. The molecule has 396 valence electrons. The van der Waals surface area contributed by atoms with E-state index in [4.69, 9.17) is 36.5 Å². The Balaban J connectivity index is 0.000000218. The molecule has 2 fully saturated rings. The highest BCUT2D eigenvalue weighted by Gasteiger charge is 2.34. The third-order valence-corrected chi connectivity index (χ3v) is 14.0. The Morgan fingerprint density at radius 3 is 1.51 bits per heavy atom. The molecule has 0 aliphatic carbocycles. The third-order valence-electron chi connectivity index (χ3n) is 12.5. The summed E-state index contributed by atoms with van der Waals surface area (Å²) in [6, 6.07) is 9.00. The molecule has 26 heteroatoms. The zero-order valence-electron chi connectivity index (χ0n) is 41.7. The van der Waals surface area contributed by atoms with E-state index in [1.165, 1.54) is 9.80 Å². The highest BCUT2D eigenvalue weighted by molar-refractivity contribution is 7.86. The molecule has 0 unspecified atom stereocenters. The summed E-state index contributed by atoms with van der Waals surface area (Å²) in [5.41, 5.74) is 23.6. The molecule has 0 radical (unpaired) electrons. The molecule has 6 aromatic rings. The Labute approximate surface area is 423 Å². The number of hydrogen-bond donors (Lipinski definition) is 8. The lowest BCUT2D eigenvalue weighted by Gasteiger charge is -2.37. The van der Waals surface area contributed by atoms with E-state index in [-0.39, 0.29) is 13.1 Å². The summed E-state index contributed by atoms with van der Waals surface area (Å²) < 4.78 is 68.7. The molecule has 0 saturated carbocycles. The molecule has 6 heterocycles. The molecule has 73 heavy (non-hydrogen) atoms. The van der Waals surface area contributed by atoms with Crippen molar-refractivity contribution in [1.82, 2.24) is 45.0 Å². The molecule has 4 aromatic heterocycles. The molecule has 2 aromatic carbocycles. The van der Waals surface area contributed by atoms with Gasteiger partial charge in [0.1, 0.15) is 68.8 Å². The number of carbonyl (C=O) groups is 3. The number of hydrogen-bond acceptors (Lipinski definition) is 17. The number of unbranched alkanes of at least 4 members (excludes halogenated alkanes) is 2. The molecular formula is C47H66N14O10S2. The second-order valence-electron chi connectivity index (χ2n) is 19.3. The van der Waals surface area contributed by atoms with Crippen molar-refractivity contribution in [3.63, 3.8) is 0 Å². The van der Waals surface area contributed by atoms with Crippen molar-refractivity contribution in [2.75, 3.05) is 85.1 Å². The summed E-state index contributed by atoms with van der Waals surface area (Å²) in [6.07, 6.45) is 4.90. The molecule has 0 spiro atoms. The zero-order valence-corrected chi connectivity index (χ0v) is 43.4. The second kappa shape index (κ2) is 22.2. The summed E-state index contributed by atoms with van der Waals surface area (Å²) in [5, 5.41) is 4.07. The van der Waals surface area contributed by atoms with E-state index in [0.29, 0.717) is 56.4 Å². The molecule has 2 aliphatic rings. The van der Waals surface area contributed by atoms with E-state index in [0.717, 1.165) is 99.9 Å². The average Bonchev–Trinajstić information content (AvgIpc) is 3.97. The highest BCUT2D eigenvalue weighted by Crippen LogP contribution is 2.32. The first-order chi connectivity index (χ1) is 34.4. The molecule has 2 saturated heterocycles. The number of piperazine rings is 2. The number of ether oxygens (including phenoxy) is 1. The number of fused-ring (bicyclic) bond motifs is 6. The number of nitrogens with one attached hydrogen (secondary N) is 3. The number of anilines is 4. The van der Waals surface area contributed by atoms with Crippen LogP contribution in [0.25, 0.3) is 43.9 Å². The number of pyridine rings is 2. The maximum Gasteiger partial charge on any atom is 0.408 e. The van der Waals surface area contributed by atoms with Crippen LogP contribution in [-0.2, 0) is 47.4 Å². The number of alkyl carbamates (subject to hydrolysis) is 1. The minimum Gasteiger partial charge on any atom is -0.444 e. The lowest BCUT2D eigenvalue weighted by Crippen LogP contribution is -2.57. The van der Waals surface area contributed by atoms with Crippen LogP contribution in [0.15, 0.2) is 36.4 Å². The summed E-state index contributed by atoms with van der Waals surface area (Å²) in [7, 11) is -8.86. The van der Waals surface area contributed by atoms with Crippen molar-refractivity contribution >= 4 is 105 Å². The van der Waals surface area contributed by atoms with Gasteiger partial charge in [0, 0.05) is 87.3 Å². The maximum atomic E-state index is 13.2. The van der Waals surface area contributed by atoms with Gasteiger partial charge in [-0.25, -0.2) is 24.7 Å². The van der Waals surface area contributed by atoms with Gasteiger partial charge in [0.05, 0.1) is 16.8 Å². The van der Waals surface area contributed by atoms with Gasteiger partial charge in [-0.1, -0.05) is 26.7 Å². The number of aryl methyl sites for hydroxylation is 2. The van der Waals surface area contributed by atoms with E-state index < -0.39 is 67.3 Å². The van der Waals surface area contributed by atoms with Crippen molar-refractivity contribution in [3.05, 3.63) is 48.0 Å². The Morgan fingerprint density at radius 2 is 1.11 bits per heavy atom. The quantitative estimate of drug-likeness (QED) is 0.0683. The fraction of sp³-hybridized carbons (Fsp3) is 0.511. The zero-order chi connectivity index (χ0) is 53.0. The minimum atomic E-state index is -4.55. The molecule has 8 rings (SSSR count). The predicted octanol–water partition coefficient (Wildman–Crippen LogP) is 3.37. The Hall–Kier alpha value is -6.61. The lowest BCUT2D eigenvalue weighted by molar-refractivity contribution is -0.133. The molecule has 24 nitrogen and oxygen atoms in total. The largest absolute Gasteiger partial charge is 0.444 e. The minimum absolute atomic E-state index is 0.286. The van der Waals surface area contributed by atoms with Crippen LogP contribution in [0.5, 0.6) is 0 Å². The standard InChI is InChI=1S/C26H37N7O6S.C21H29N7O4S/c1-5-6-7-20-30-21-17-14-16(8-9-18(17)28-23(27)22(21)31-20)32-10-12-33(13-11-32)24(34)19(15-40(36,37)38)29-25(35)39-26(2,3)4;1-2-3-4-17-25-18-14-11-13(5-6-16(14)24-20(23)19(18)26-17)27-7-9-28(10-8-27)21(29)15(22)12-33(30,31)32/h8-9,14,19H,5-7,10-13,15H2,1-4H3,(H2,27,28)(H,29,35)(H,30,31)(H,36,37,38);5-6,11,15H,2-4,7-10,12,22H2,1H3,(H2,23,24)(H,25,26)(H,30,31,32)/t19-;15-/m00/s1. The van der Waals surface area contributed by atoms with Gasteiger partial charge in [0.2, 0.25) is 11.8 Å².